The summed E-state index contributed by atoms with van der Waals surface area (Å²) in [5, 5.41) is 9.64. The van der Waals surface area contributed by atoms with Crippen LogP contribution in [0.15, 0.2) is 59.7 Å². The number of aromatic nitrogens is 1. The number of piperidine rings is 2. The second kappa shape index (κ2) is 10.0. The Morgan fingerprint density at radius 1 is 1.18 bits per heavy atom. The number of nitrogens with zero attached hydrogens (tertiary/aromatic N) is 3. The maximum Gasteiger partial charge on any atom is 0.310 e. The van der Waals surface area contributed by atoms with Gasteiger partial charge in [-0.15, -0.1) is 0 Å². The zero-order valence-corrected chi connectivity index (χ0v) is 23.5. The molecule has 210 valence electrons. The molecule has 0 radical (unpaired) electrons. The van der Waals surface area contributed by atoms with Crippen molar-refractivity contribution in [1.29, 1.82) is 0 Å². The van der Waals surface area contributed by atoms with Gasteiger partial charge >= 0.3 is 5.97 Å². The Balaban J connectivity index is 1.06. The molecule has 1 saturated carbocycles. The number of carboxylic acid groups (broad SMARTS) is 1. The number of ether oxygens (including phenoxy) is 2. The molecule has 4 heterocycles. The highest BCUT2D eigenvalue weighted by molar-refractivity contribution is 5.79. The van der Waals surface area contributed by atoms with E-state index < -0.39 is 11.4 Å². The number of benzene rings is 1. The normalized spacial score (nSPS) is 29.9. The lowest BCUT2D eigenvalue weighted by Gasteiger charge is -2.45. The van der Waals surface area contributed by atoms with Crippen LogP contribution in [0, 0.1) is 30.1 Å². The fourth-order valence-electron chi connectivity index (χ4n) is 7.35. The van der Waals surface area contributed by atoms with E-state index in [1.807, 2.05) is 12.1 Å². The van der Waals surface area contributed by atoms with Gasteiger partial charge in [0.15, 0.2) is 0 Å². The van der Waals surface area contributed by atoms with Gasteiger partial charge in [-0.1, -0.05) is 35.4 Å². The molecule has 0 bridgehead atoms. The second-order valence-electron chi connectivity index (χ2n) is 12.5. The molecule has 5 aliphatic rings. The number of anilines is 1. The lowest BCUT2D eigenvalue weighted by molar-refractivity contribution is -0.144. The van der Waals surface area contributed by atoms with E-state index in [0.29, 0.717) is 30.9 Å². The highest BCUT2D eigenvalue weighted by Crippen LogP contribution is 2.58. The van der Waals surface area contributed by atoms with Gasteiger partial charge in [0.2, 0.25) is 0 Å². The maximum absolute atomic E-state index is 11.7. The first-order valence-electron chi connectivity index (χ1n) is 14.8. The molecule has 7 rings (SSSR count). The third kappa shape index (κ3) is 4.53. The van der Waals surface area contributed by atoms with Gasteiger partial charge in [0.25, 0.3) is 0 Å². The molecule has 1 aromatic heterocycles. The van der Waals surface area contributed by atoms with Crippen molar-refractivity contribution in [3.63, 3.8) is 0 Å². The fourth-order valence-corrected chi connectivity index (χ4v) is 7.35. The second-order valence-corrected chi connectivity index (χ2v) is 12.5. The molecular formula is C33H39N3O4. The highest BCUT2D eigenvalue weighted by atomic mass is 16.5. The largest absolute Gasteiger partial charge is 0.488 e. The summed E-state index contributed by atoms with van der Waals surface area (Å²) < 4.78 is 11.9. The molecule has 4 atom stereocenters. The van der Waals surface area contributed by atoms with Gasteiger partial charge in [-0.3, -0.25) is 9.69 Å². The summed E-state index contributed by atoms with van der Waals surface area (Å²) in [5.41, 5.74) is 5.31. The quantitative estimate of drug-likeness (QED) is 0.531. The van der Waals surface area contributed by atoms with E-state index >= 15 is 0 Å². The van der Waals surface area contributed by atoms with Gasteiger partial charge in [0, 0.05) is 25.2 Å². The van der Waals surface area contributed by atoms with E-state index in [1.54, 1.807) is 0 Å². The molecule has 4 fully saturated rings. The summed E-state index contributed by atoms with van der Waals surface area (Å²) >= 11 is 0. The standard InChI is InChI=1S/C33H39N3O4/c1-21-6-9-30(40-18-24-8-7-23-16-35(26-19-39-20-26)12-10-27(23)22(24)2)28(14-21)29-4-3-5-31(34-29)36-13-11-33(32(37)38)15-25(33)17-36/h3-9,14,23,25-27H,10-13,15-20H2,1-2H3,(H,37,38)/t23?,25-,27?,33+/m0/s1. The van der Waals surface area contributed by atoms with Gasteiger partial charge in [0.1, 0.15) is 18.2 Å². The Morgan fingerprint density at radius 3 is 2.83 bits per heavy atom. The van der Waals surface area contributed by atoms with Crippen LogP contribution in [0.4, 0.5) is 5.82 Å². The topological polar surface area (TPSA) is 75.1 Å². The van der Waals surface area contributed by atoms with E-state index in [0.717, 1.165) is 74.2 Å². The van der Waals surface area contributed by atoms with Crippen molar-refractivity contribution in [2.45, 2.75) is 39.2 Å². The molecule has 2 unspecified atom stereocenters. The van der Waals surface area contributed by atoms with Crippen LogP contribution in [-0.2, 0) is 9.53 Å². The number of aliphatic carboxylic acids is 1. The van der Waals surface area contributed by atoms with Crippen LogP contribution in [0.2, 0.25) is 0 Å². The fraction of sp³-hybridized carbons (Fsp3) is 0.515. The molecule has 2 aliphatic carbocycles. The van der Waals surface area contributed by atoms with Crippen LogP contribution in [0.1, 0.15) is 31.7 Å². The van der Waals surface area contributed by atoms with Crippen LogP contribution >= 0.6 is 0 Å². The smallest absolute Gasteiger partial charge is 0.310 e. The van der Waals surface area contributed by atoms with Crippen LogP contribution in [0.3, 0.4) is 0 Å². The Labute approximate surface area is 236 Å². The zero-order valence-electron chi connectivity index (χ0n) is 23.5. The molecule has 1 N–H and O–H groups in total. The van der Waals surface area contributed by atoms with E-state index in [2.05, 4.69) is 60.1 Å². The SMILES string of the molecule is CC1=C(COc2ccc(C)cc2-c2cccc(N3CC[C@@]4(C(=O)O)C[C@H]4C3)n2)C=CC2CN(C3COC3)CCC12. The first-order chi connectivity index (χ1) is 19.4. The monoisotopic (exact) mass is 541 g/mol. The summed E-state index contributed by atoms with van der Waals surface area (Å²) in [6, 6.07) is 13.1. The first kappa shape index (κ1) is 25.8. The van der Waals surface area contributed by atoms with Crippen molar-refractivity contribution in [3.8, 4) is 17.0 Å². The minimum atomic E-state index is -0.636. The maximum atomic E-state index is 11.7. The molecule has 3 aliphatic heterocycles. The number of hydrogen-bond donors (Lipinski definition) is 1. The summed E-state index contributed by atoms with van der Waals surface area (Å²) in [4.78, 5) is 21.6. The van der Waals surface area contributed by atoms with Gasteiger partial charge in [-0.25, -0.2) is 4.98 Å². The molecule has 1 aromatic carbocycles. The average molecular weight is 542 g/mol. The predicted octanol–water partition coefficient (Wildman–Crippen LogP) is 4.96. The molecule has 3 saturated heterocycles. The van der Waals surface area contributed by atoms with Crippen LogP contribution < -0.4 is 9.64 Å². The third-order valence-corrected chi connectivity index (χ3v) is 10.2. The number of carboxylic acids is 1. The Kier molecular flexibility index (Phi) is 6.47. The van der Waals surface area contributed by atoms with E-state index in [9.17, 15) is 9.90 Å². The van der Waals surface area contributed by atoms with Crippen LogP contribution in [-0.4, -0.2) is 73.0 Å². The first-order valence-corrected chi connectivity index (χ1v) is 14.8. The Bertz CT molecular complexity index is 1380. The van der Waals surface area contributed by atoms with Gasteiger partial charge in [0.05, 0.1) is 30.4 Å². The van der Waals surface area contributed by atoms with E-state index in [1.165, 1.54) is 17.6 Å². The van der Waals surface area contributed by atoms with Crippen molar-refractivity contribution in [3.05, 3.63) is 65.3 Å². The van der Waals surface area contributed by atoms with Crippen molar-refractivity contribution in [2.24, 2.45) is 23.2 Å². The van der Waals surface area contributed by atoms with Gasteiger partial charge in [-0.05, 0) is 87.2 Å². The minimum absolute atomic E-state index is 0.223. The highest BCUT2D eigenvalue weighted by Gasteiger charge is 2.62. The summed E-state index contributed by atoms with van der Waals surface area (Å²) in [6.07, 6.45) is 7.36. The van der Waals surface area contributed by atoms with Crippen LogP contribution in [0.25, 0.3) is 11.3 Å². The van der Waals surface area contributed by atoms with Crippen molar-refractivity contribution in [2.75, 3.05) is 50.9 Å². The molecule has 0 spiro atoms. The number of hydrogen-bond acceptors (Lipinski definition) is 6. The number of pyridine rings is 1. The number of fused-ring (bicyclic) bond motifs is 2. The van der Waals surface area contributed by atoms with Gasteiger partial charge in [-0.2, -0.15) is 0 Å². The minimum Gasteiger partial charge on any atom is -0.488 e. The number of rotatable bonds is 7. The molecule has 0 amide bonds. The van der Waals surface area contributed by atoms with E-state index in [-0.39, 0.29) is 5.92 Å². The predicted molar refractivity (Wildman–Crippen MR) is 155 cm³/mol. The lowest BCUT2D eigenvalue weighted by atomic mass is 9.75. The van der Waals surface area contributed by atoms with Crippen molar-refractivity contribution >= 4 is 11.8 Å². The Morgan fingerprint density at radius 2 is 2.05 bits per heavy atom. The lowest BCUT2D eigenvalue weighted by Crippen LogP contribution is -2.54. The van der Waals surface area contributed by atoms with E-state index in [4.69, 9.17) is 14.5 Å². The average Bonchev–Trinajstić information content (AvgIpc) is 3.68. The van der Waals surface area contributed by atoms with Crippen molar-refractivity contribution < 1.29 is 19.4 Å². The molecular weight excluding hydrogens is 502 g/mol. The molecule has 7 heteroatoms. The zero-order chi connectivity index (χ0) is 27.4. The Hall–Kier alpha value is -3.16. The number of carbonyl (C=O) groups is 1. The summed E-state index contributed by atoms with van der Waals surface area (Å²) in [6.45, 7) is 10.5. The molecule has 7 nitrogen and oxygen atoms in total. The van der Waals surface area contributed by atoms with Crippen molar-refractivity contribution in [1.82, 2.24) is 9.88 Å². The molecule has 40 heavy (non-hydrogen) atoms. The number of likely N-dealkylation sites (tertiary alicyclic amines) is 1. The third-order valence-electron chi connectivity index (χ3n) is 10.2. The van der Waals surface area contributed by atoms with Crippen LogP contribution in [0.5, 0.6) is 5.75 Å². The number of allylic oxidation sites excluding steroid dienone is 1. The molecule has 2 aromatic rings. The van der Waals surface area contributed by atoms with Gasteiger partial charge < -0.3 is 19.5 Å². The summed E-state index contributed by atoms with van der Waals surface area (Å²) in [5.74, 6) is 2.51. The summed E-state index contributed by atoms with van der Waals surface area (Å²) in [7, 11) is 0. The number of aryl methyl sites for hydroxylation is 1.